The average Bonchev–Trinajstić information content (AvgIpc) is 2.15. The van der Waals surface area contributed by atoms with Crippen molar-refractivity contribution in [3.63, 3.8) is 0 Å². The molecule has 1 rings (SSSR count). The van der Waals surface area contributed by atoms with Crippen molar-refractivity contribution < 1.29 is 24.9 Å². The first kappa shape index (κ1) is 14.7. The van der Waals surface area contributed by atoms with Crippen LogP contribution in [0.25, 0.3) is 0 Å². The van der Waals surface area contributed by atoms with E-state index in [0.29, 0.717) is 0 Å². The van der Waals surface area contributed by atoms with Crippen LogP contribution in [0.3, 0.4) is 0 Å². The van der Waals surface area contributed by atoms with Crippen molar-refractivity contribution in [2.45, 2.75) is 13.8 Å². The molecule has 0 radical (unpaired) electrons. The predicted octanol–water partition coefficient (Wildman–Crippen LogP) is 2.47. The van der Waals surface area contributed by atoms with Crippen molar-refractivity contribution in [1.29, 1.82) is 0 Å². The molecule has 17 heavy (non-hydrogen) atoms. The first-order chi connectivity index (χ1) is 7.77. The van der Waals surface area contributed by atoms with E-state index in [1.807, 2.05) is 0 Å². The Labute approximate surface area is 98.6 Å². The molecule has 1 aromatic rings. The smallest absolute Gasteiger partial charge is 0.335 e. The Morgan fingerprint density at radius 1 is 1.06 bits per heavy atom. The number of allylic oxidation sites excluding steroid dienone is 1. The van der Waals surface area contributed by atoms with Crippen LogP contribution in [0.15, 0.2) is 30.5 Å². The van der Waals surface area contributed by atoms with Crippen molar-refractivity contribution in [3.05, 3.63) is 47.2 Å². The Morgan fingerprint density at radius 2 is 1.35 bits per heavy atom. The Hall–Kier alpha value is -2.30. The number of hydrogen-bond donors (Lipinski definition) is 3. The molecule has 92 valence electrons. The Balaban J connectivity index is 0.000000557. The third-order valence-corrected chi connectivity index (χ3v) is 1.79. The SMILES string of the molecule is C=C(C)O.Cc1c(C(=O)O)cccc1C(=O)O. The lowest BCUT2D eigenvalue weighted by atomic mass is 10.0. The zero-order valence-corrected chi connectivity index (χ0v) is 9.60. The van der Waals surface area contributed by atoms with Gasteiger partial charge in [-0.15, -0.1) is 0 Å². The molecule has 0 aliphatic heterocycles. The minimum Gasteiger partial charge on any atom is -0.513 e. The molecule has 0 aromatic heterocycles. The molecule has 0 amide bonds. The predicted molar refractivity (Wildman–Crippen MR) is 62.5 cm³/mol. The fourth-order valence-electron chi connectivity index (χ4n) is 1.10. The quantitative estimate of drug-likeness (QED) is 0.688. The molecule has 0 aliphatic carbocycles. The highest BCUT2D eigenvalue weighted by Crippen LogP contribution is 2.13. The lowest BCUT2D eigenvalue weighted by Gasteiger charge is -2.03. The molecule has 5 nitrogen and oxygen atoms in total. The highest BCUT2D eigenvalue weighted by molar-refractivity contribution is 5.96. The molecule has 1 aromatic carbocycles. The number of hydrogen-bond acceptors (Lipinski definition) is 3. The van der Waals surface area contributed by atoms with Gasteiger partial charge in [-0.3, -0.25) is 0 Å². The molecule has 0 atom stereocenters. The van der Waals surface area contributed by atoms with Gasteiger partial charge in [-0.2, -0.15) is 0 Å². The Morgan fingerprint density at radius 3 is 1.59 bits per heavy atom. The summed E-state index contributed by atoms with van der Waals surface area (Å²) in [5.74, 6) is -2.05. The van der Waals surface area contributed by atoms with E-state index in [9.17, 15) is 9.59 Å². The zero-order valence-electron chi connectivity index (χ0n) is 9.60. The molecule has 0 heterocycles. The van der Waals surface area contributed by atoms with E-state index in [2.05, 4.69) is 6.58 Å². The molecule has 0 saturated carbocycles. The van der Waals surface area contributed by atoms with E-state index in [1.165, 1.54) is 32.0 Å². The van der Waals surface area contributed by atoms with Gasteiger partial charge in [0.25, 0.3) is 0 Å². The summed E-state index contributed by atoms with van der Waals surface area (Å²) in [7, 11) is 0. The first-order valence-corrected chi connectivity index (χ1v) is 4.68. The summed E-state index contributed by atoms with van der Waals surface area (Å²) in [6.07, 6.45) is 0. The third kappa shape index (κ3) is 4.83. The van der Waals surface area contributed by atoms with Crippen molar-refractivity contribution in [3.8, 4) is 0 Å². The summed E-state index contributed by atoms with van der Waals surface area (Å²) in [6, 6.07) is 4.17. The summed E-state index contributed by atoms with van der Waals surface area (Å²) in [4.78, 5) is 21.2. The van der Waals surface area contributed by atoms with E-state index < -0.39 is 11.9 Å². The molecule has 5 heteroatoms. The number of carbonyl (C=O) groups is 2. The molecule has 0 saturated heterocycles. The van der Waals surface area contributed by atoms with Gasteiger partial charge in [0, 0.05) is 0 Å². The maximum Gasteiger partial charge on any atom is 0.335 e. The van der Waals surface area contributed by atoms with Gasteiger partial charge in [0.15, 0.2) is 0 Å². The molecule has 0 fully saturated rings. The minimum atomic E-state index is -1.11. The number of rotatable bonds is 2. The van der Waals surface area contributed by atoms with Crippen LogP contribution in [0.4, 0.5) is 0 Å². The Kier molecular flexibility index (Phi) is 5.46. The van der Waals surface area contributed by atoms with Gasteiger partial charge in [0.05, 0.1) is 16.9 Å². The largest absolute Gasteiger partial charge is 0.513 e. The van der Waals surface area contributed by atoms with Crippen molar-refractivity contribution in [2.75, 3.05) is 0 Å². The number of aliphatic hydroxyl groups excluding tert-OH is 1. The van der Waals surface area contributed by atoms with Crippen LogP contribution in [0.5, 0.6) is 0 Å². The second-order valence-corrected chi connectivity index (χ2v) is 3.32. The molecule has 0 aliphatic rings. The third-order valence-electron chi connectivity index (χ3n) is 1.79. The van der Waals surface area contributed by atoms with E-state index in [4.69, 9.17) is 15.3 Å². The zero-order chi connectivity index (χ0) is 13.6. The van der Waals surface area contributed by atoms with Gasteiger partial charge >= 0.3 is 11.9 Å². The molecule has 0 unspecified atom stereocenters. The summed E-state index contributed by atoms with van der Waals surface area (Å²) in [6.45, 7) is 6.12. The lowest BCUT2D eigenvalue weighted by Crippen LogP contribution is -2.06. The first-order valence-electron chi connectivity index (χ1n) is 4.68. The standard InChI is InChI=1S/C9H8O4.C3H6O/c1-5-6(8(10)11)3-2-4-7(5)9(12)13;1-3(2)4/h2-4H,1H3,(H,10,11)(H,12,13);4H,1H2,2H3. The molecular formula is C12H14O5. The number of aromatic carboxylic acids is 2. The van der Waals surface area contributed by atoms with Crippen LogP contribution < -0.4 is 0 Å². The van der Waals surface area contributed by atoms with Crippen LogP contribution in [0.2, 0.25) is 0 Å². The van der Waals surface area contributed by atoms with Crippen LogP contribution in [-0.2, 0) is 0 Å². The lowest BCUT2D eigenvalue weighted by molar-refractivity contribution is 0.0696. The van der Waals surface area contributed by atoms with Crippen LogP contribution in [0, 0.1) is 6.92 Å². The van der Waals surface area contributed by atoms with Crippen molar-refractivity contribution in [1.82, 2.24) is 0 Å². The van der Waals surface area contributed by atoms with Gasteiger partial charge in [-0.1, -0.05) is 12.6 Å². The molecule has 3 N–H and O–H groups in total. The maximum absolute atomic E-state index is 10.6. The summed E-state index contributed by atoms with van der Waals surface area (Å²) in [5.41, 5.74) is 0.335. The topological polar surface area (TPSA) is 94.8 Å². The summed E-state index contributed by atoms with van der Waals surface area (Å²) < 4.78 is 0. The number of carboxylic acids is 2. The van der Waals surface area contributed by atoms with Gasteiger partial charge < -0.3 is 15.3 Å². The van der Waals surface area contributed by atoms with Crippen molar-refractivity contribution >= 4 is 11.9 Å². The van der Waals surface area contributed by atoms with Crippen LogP contribution >= 0.6 is 0 Å². The van der Waals surface area contributed by atoms with Crippen LogP contribution in [-0.4, -0.2) is 27.3 Å². The van der Waals surface area contributed by atoms with E-state index in [-0.39, 0.29) is 22.4 Å². The van der Waals surface area contributed by atoms with E-state index >= 15 is 0 Å². The highest BCUT2D eigenvalue weighted by Gasteiger charge is 2.13. The fourth-order valence-corrected chi connectivity index (χ4v) is 1.10. The Bertz CT molecular complexity index is 412. The fraction of sp³-hybridized carbons (Fsp3) is 0.167. The minimum absolute atomic E-state index is 0.0277. The van der Waals surface area contributed by atoms with E-state index in [1.54, 1.807) is 0 Å². The normalized spacial score (nSPS) is 8.82. The summed E-state index contributed by atoms with van der Waals surface area (Å²) >= 11 is 0. The summed E-state index contributed by atoms with van der Waals surface area (Å²) in [5, 5.41) is 25.2. The van der Waals surface area contributed by atoms with E-state index in [0.717, 1.165) is 0 Å². The molecule has 0 bridgehead atoms. The average molecular weight is 238 g/mol. The number of aliphatic hydroxyl groups is 1. The molecular weight excluding hydrogens is 224 g/mol. The van der Waals surface area contributed by atoms with Gasteiger partial charge in [0.2, 0.25) is 0 Å². The van der Waals surface area contributed by atoms with Crippen molar-refractivity contribution in [2.24, 2.45) is 0 Å². The van der Waals surface area contributed by atoms with Gasteiger partial charge in [-0.05, 0) is 31.5 Å². The highest BCUT2D eigenvalue weighted by atomic mass is 16.4. The number of benzene rings is 1. The second kappa shape index (κ2) is 6.32. The van der Waals surface area contributed by atoms with Crippen LogP contribution in [0.1, 0.15) is 33.2 Å². The van der Waals surface area contributed by atoms with Gasteiger partial charge in [-0.25, -0.2) is 9.59 Å². The second-order valence-electron chi connectivity index (χ2n) is 3.32. The number of carboxylic acid groups (broad SMARTS) is 2. The monoisotopic (exact) mass is 238 g/mol. The maximum atomic E-state index is 10.6. The molecule has 0 spiro atoms. The van der Waals surface area contributed by atoms with Gasteiger partial charge in [0.1, 0.15) is 0 Å².